The Morgan fingerprint density at radius 2 is 1.57 bits per heavy atom. The zero-order chi connectivity index (χ0) is 21.1. The number of nitrogens with zero attached hydrogens (tertiary/aromatic N) is 1. The normalized spacial score (nSPS) is 15.4. The van der Waals surface area contributed by atoms with Crippen molar-refractivity contribution in [1.82, 2.24) is 5.32 Å². The van der Waals surface area contributed by atoms with E-state index in [-0.39, 0.29) is 10.7 Å². The van der Waals surface area contributed by atoms with Crippen molar-refractivity contribution in [2.75, 3.05) is 4.90 Å². The molecule has 3 aromatic carbocycles. The van der Waals surface area contributed by atoms with E-state index in [1.165, 1.54) is 10.5 Å². The lowest BCUT2D eigenvalue weighted by molar-refractivity contribution is -0.122. The third-order valence-electron chi connectivity index (χ3n) is 4.76. The molecule has 0 saturated carbocycles. The van der Waals surface area contributed by atoms with Gasteiger partial charge in [0.15, 0.2) is 5.11 Å². The van der Waals surface area contributed by atoms with Crippen LogP contribution in [-0.4, -0.2) is 16.9 Å². The number of para-hydroxylation sites is 1. The maximum absolute atomic E-state index is 13.0. The Balaban J connectivity index is 1.58. The molecular formula is C24H17BrN2O2S. The second-order valence-electron chi connectivity index (χ2n) is 6.80. The minimum atomic E-state index is -0.491. The first-order chi connectivity index (χ1) is 14.5. The molecule has 1 fully saturated rings. The number of halogens is 1. The maximum Gasteiger partial charge on any atom is 0.270 e. The third kappa shape index (κ3) is 4.25. The first-order valence-corrected chi connectivity index (χ1v) is 10.5. The van der Waals surface area contributed by atoms with Crippen molar-refractivity contribution in [2.24, 2.45) is 0 Å². The second-order valence-corrected chi connectivity index (χ2v) is 8.04. The number of anilines is 1. The highest BCUT2D eigenvalue weighted by Crippen LogP contribution is 2.23. The van der Waals surface area contributed by atoms with Gasteiger partial charge >= 0.3 is 0 Å². The van der Waals surface area contributed by atoms with Crippen molar-refractivity contribution in [3.8, 4) is 0 Å². The molecule has 1 aliphatic rings. The van der Waals surface area contributed by atoms with Gasteiger partial charge in [0, 0.05) is 4.47 Å². The highest BCUT2D eigenvalue weighted by molar-refractivity contribution is 9.10. The Kier molecular flexibility index (Phi) is 5.88. The average Bonchev–Trinajstić information content (AvgIpc) is 2.74. The van der Waals surface area contributed by atoms with Crippen LogP contribution in [-0.2, 0) is 16.0 Å². The molecule has 0 unspecified atom stereocenters. The van der Waals surface area contributed by atoms with E-state index in [2.05, 4.69) is 27.3 Å². The van der Waals surface area contributed by atoms with E-state index in [4.69, 9.17) is 12.2 Å². The highest BCUT2D eigenvalue weighted by Gasteiger charge is 2.34. The summed E-state index contributed by atoms with van der Waals surface area (Å²) in [6.07, 6.45) is 2.38. The number of nitrogens with one attached hydrogen (secondary N) is 1. The molecule has 0 aromatic heterocycles. The molecule has 1 N–H and O–H groups in total. The minimum absolute atomic E-state index is 0.0472. The largest absolute Gasteiger partial charge is 0.298 e. The summed E-state index contributed by atoms with van der Waals surface area (Å²) >= 11 is 8.78. The quantitative estimate of drug-likeness (QED) is 0.332. The van der Waals surface area contributed by atoms with E-state index in [1.54, 1.807) is 18.2 Å². The van der Waals surface area contributed by atoms with Gasteiger partial charge < -0.3 is 0 Å². The van der Waals surface area contributed by atoms with Gasteiger partial charge in [0.1, 0.15) is 5.57 Å². The predicted molar refractivity (Wildman–Crippen MR) is 126 cm³/mol. The van der Waals surface area contributed by atoms with Crippen molar-refractivity contribution in [2.45, 2.75) is 6.42 Å². The van der Waals surface area contributed by atoms with Gasteiger partial charge in [-0.1, -0.05) is 76.6 Å². The van der Waals surface area contributed by atoms with Gasteiger partial charge in [-0.05, 0) is 59.6 Å². The molecule has 0 aliphatic carbocycles. The lowest BCUT2D eigenvalue weighted by atomic mass is 10.0. The summed E-state index contributed by atoms with van der Waals surface area (Å²) < 4.78 is 1.07. The number of carbonyl (C=O) groups excluding carboxylic acids is 2. The van der Waals surface area contributed by atoms with Crippen LogP contribution in [0.15, 0.2) is 88.9 Å². The summed E-state index contributed by atoms with van der Waals surface area (Å²) in [5.74, 6) is -0.929. The number of thiocarbonyl (C=S) groups is 1. The summed E-state index contributed by atoms with van der Waals surface area (Å²) in [4.78, 5) is 26.8. The summed E-state index contributed by atoms with van der Waals surface area (Å²) in [6, 6.07) is 24.9. The van der Waals surface area contributed by atoms with E-state index in [0.717, 1.165) is 22.0 Å². The standard InChI is InChI=1S/C24H17BrN2O2S/c25-21-9-5-4-6-18(21)14-16-10-12-17(13-11-16)15-20-22(28)26-24(30)27(23(20)29)19-7-2-1-3-8-19/h1-13,15H,14H2,(H,26,28,30)/b20-15-. The van der Waals surface area contributed by atoms with Crippen LogP contribution in [0, 0.1) is 0 Å². The number of amides is 2. The summed E-state index contributed by atoms with van der Waals surface area (Å²) in [5, 5.41) is 2.68. The fourth-order valence-corrected chi connectivity index (χ4v) is 3.94. The van der Waals surface area contributed by atoms with Crippen LogP contribution in [0.1, 0.15) is 16.7 Å². The van der Waals surface area contributed by atoms with E-state index in [0.29, 0.717) is 5.69 Å². The maximum atomic E-state index is 13.0. The first-order valence-electron chi connectivity index (χ1n) is 9.32. The molecular weight excluding hydrogens is 460 g/mol. The van der Waals surface area contributed by atoms with Crippen molar-refractivity contribution < 1.29 is 9.59 Å². The third-order valence-corrected chi connectivity index (χ3v) is 5.82. The fraction of sp³-hybridized carbons (Fsp3) is 0.0417. The van der Waals surface area contributed by atoms with Crippen LogP contribution in [0.3, 0.4) is 0 Å². The van der Waals surface area contributed by atoms with Gasteiger partial charge in [-0.15, -0.1) is 0 Å². The molecule has 4 rings (SSSR count). The number of hydrogen-bond acceptors (Lipinski definition) is 3. The smallest absolute Gasteiger partial charge is 0.270 e. The SMILES string of the molecule is O=C1NC(=S)N(c2ccccc2)C(=O)/C1=C\c1ccc(Cc2ccccc2Br)cc1. The van der Waals surface area contributed by atoms with Gasteiger partial charge in [-0.2, -0.15) is 0 Å². The molecule has 148 valence electrons. The molecule has 1 heterocycles. The predicted octanol–water partition coefficient (Wildman–Crippen LogP) is 4.87. The molecule has 0 atom stereocenters. The average molecular weight is 477 g/mol. The van der Waals surface area contributed by atoms with Crippen molar-refractivity contribution in [3.05, 3.63) is 106 Å². The molecule has 1 aliphatic heterocycles. The lowest BCUT2D eigenvalue weighted by Gasteiger charge is -2.28. The Hall–Kier alpha value is -3.09. The molecule has 0 radical (unpaired) electrons. The van der Waals surface area contributed by atoms with Crippen LogP contribution in [0.2, 0.25) is 0 Å². The van der Waals surface area contributed by atoms with E-state index >= 15 is 0 Å². The molecule has 4 nitrogen and oxygen atoms in total. The Labute approximate surface area is 188 Å². The number of hydrogen-bond donors (Lipinski definition) is 1. The molecule has 2 amide bonds. The van der Waals surface area contributed by atoms with Gasteiger partial charge in [0.05, 0.1) is 5.69 Å². The van der Waals surface area contributed by atoms with Crippen molar-refractivity contribution in [3.63, 3.8) is 0 Å². The second kappa shape index (κ2) is 8.73. The molecule has 0 bridgehead atoms. The highest BCUT2D eigenvalue weighted by atomic mass is 79.9. The van der Waals surface area contributed by atoms with Crippen molar-refractivity contribution in [1.29, 1.82) is 0 Å². The Bertz CT molecular complexity index is 1160. The molecule has 30 heavy (non-hydrogen) atoms. The Morgan fingerprint density at radius 3 is 2.27 bits per heavy atom. The summed E-state index contributed by atoms with van der Waals surface area (Å²) in [7, 11) is 0. The number of rotatable bonds is 4. The van der Waals surface area contributed by atoms with Gasteiger partial charge in [0.25, 0.3) is 11.8 Å². The summed E-state index contributed by atoms with van der Waals surface area (Å²) in [6.45, 7) is 0. The number of carbonyl (C=O) groups is 2. The monoisotopic (exact) mass is 476 g/mol. The summed E-state index contributed by atoms with van der Waals surface area (Å²) in [5.41, 5.74) is 3.76. The zero-order valence-corrected chi connectivity index (χ0v) is 18.2. The number of benzene rings is 3. The van der Waals surface area contributed by atoms with Crippen LogP contribution in [0.5, 0.6) is 0 Å². The van der Waals surface area contributed by atoms with Crippen molar-refractivity contribution >= 4 is 56.8 Å². The molecule has 3 aromatic rings. The fourth-order valence-electron chi connectivity index (χ4n) is 3.23. The first kappa shape index (κ1) is 20.2. The van der Waals surface area contributed by atoms with E-state index < -0.39 is 11.8 Å². The topological polar surface area (TPSA) is 49.4 Å². The van der Waals surface area contributed by atoms with Crippen LogP contribution < -0.4 is 10.2 Å². The minimum Gasteiger partial charge on any atom is -0.298 e. The van der Waals surface area contributed by atoms with Gasteiger partial charge in [0.2, 0.25) is 0 Å². The molecule has 1 saturated heterocycles. The van der Waals surface area contributed by atoms with E-state index in [1.807, 2.05) is 60.7 Å². The van der Waals surface area contributed by atoms with Gasteiger partial charge in [-0.25, -0.2) is 0 Å². The Morgan fingerprint density at radius 1 is 0.900 bits per heavy atom. The van der Waals surface area contributed by atoms with E-state index in [9.17, 15) is 9.59 Å². The molecule has 6 heteroatoms. The van der Waals surface area contributed by atoms with Crippen LogP contribution in [0.25, 0.3) is 6.08 Å². The lowest BCUT2D eigenvalue weighted by Crippen LogP contribution is -2.54. The van der Waals surface area contributed by atoms with Gasteiger partial charge in [-0.3, -0.25) is 19.8 Å². The zero-order valence-electron chi connectivity index (χ0n) is 15.8. The van der Waals surface area contributed by atoms with Crippen LogP contribution >= 0.6 is 28.1 Å². The van der Waals surface area contributed by atoms with Crippen LogP contribution in [0.4, 0.5) is 5.69 Å². The molecule has 0 spiro atoms.